The summed E-state index contributed by atoms with van der Waals surface area (Å²) in [6, 6.07) is 7.52. The van der Waals surface area contributed by atoms with Gasteiger partial charge in [0.05, 0.1) is 10.5 Å². The minimum atomic E-state index is -3.09. The molecular weight excluding hydrogens is 260 g/mol. The topological polar surface area (TPSA) is 63.4 Å². The third-order valence-electron chi connectivity index (χ3n) is 3.18. The molecule has 0 spiro atoms. The fraction of sp³-hybridized carbons (Fsp3) is 0.571. The zero-order chi connectivity index (χ0) is 14.7. The number of nitrogens with two attached hydrogens (primary N) is 1. The summed E-state index contributed by atoms with van der Waals surface area (Å²) in [7, 11) is -3.09. The number of anilines is 2. The second kappa shape index (κ2) is 5.82. The van der Waals surface area contributed by atoms with Gasteiger partial charge in [0.2, 0.25) is 0 Å². The van der Waals surface area contributed by atoms with E-state index in [1.165, 1.54) is 0 Å². The summed E-state index contributed by atoms with van der Waals surface area (Å²) < 4.78 is 23.5. The molecule has 108 valence electrons. The van der Waals surface area contributed by atoms with Crippen molar-refractivity contribution in [2.45, 2.75) is 32.4 Å². The lowest BCUT2D eigenvalue weighted by atomic mass is 10.2. The van der Waals surface area contributed by atoms with Gasteiger partial charge in [-0.3, -0.25) is 0 Å². The van der Waals surface area contributed by atoms with Crippen LogP contribution < -0.4 is 10.6 Å². The molecule has 0 heterocycles. The normalized spacial score (nSPS) is 12.4. The van der Waals surface area contributed by atoms with Crippen molar-refractivity contribution in [3.63, 3.8) is 0 Å². The molecular formula is C14H24N2O2S. The molecule has 0 fully saturated rings. The van der Waals surface area contributed by atoms with Crippen LogP contribution in [0.2, 0.25) is 0 Å². The maximum absolute atomic E-state index is 12.1. The van der Waals surface area contributed by atoms with Gasteiger partial charge in [-0.2, -0.15) is 0 Å². The molecule has 0 saturated heterocycles. The molecule has 0 atom stereocenters. The highest BCUT2D eigenvalue weighted by atomic mass is 32.2. The summed E-state index contributed by atoms with van der Waals surface area (Å²) in [4.78, 5) is 2.03. The average Bonchev–Trinajstić information content (AvgIpc) is 2.28. The van der Waals surface area contributed by atoms with Crippen LogP contribution in [0.1, 0.15) is 27.7 Å². The van der Waals surface area contributed by atoms with Crippen molar-refractivity contribution >= 4 is 21.2 Å². The molecule has 0 aromatic heterocycles. The Balaban J connectivity index is 2.80. The molecule has 1 aromatic carbocycles. The fourth-order valence-electron chi connectivity index (χ4n) is 1.73. The van der Waals surface area contributed by atoms with E-state index in [1.807, 2.05) is 36.1 Å². The van der Waals surface area contributed by atoms with Gasteiger partial charge >= 0.3 is 0 Å². The monoisotopic (exact) mass is 284 g/mol. The van der Waals surface area contributed by atoms with Gasteiger partial charge < -0.3 is 10.6 Å². The van der Waals surface area contributed by atoms with E-state index in [1.54, 1.807) is 20.8 Å². The predicted octanol–water partition coefficient (Wildman–Crippen LogP) is 2.31. The lowest BCUT2D eigenvalue weighted by molar-refractivity contribution is 0.559. The van der Waals surface area contributed by atoms with Crippen molar-refractivity contribution in [2.75, 3.05) is 29.5 Å². The van der Waals surface area contributed by atoms with Gasteiger partial charge in [0, 0.05) is 24.5 Å². The van der Waals surface area contributed by atoms with Gasteiger partial charge in [0.15, 0.2) is 9.84 Å². The summed E-state index contributed by atoms with van der Waals surface area (Å²) in [6.45, 7) is 8.45. The van der Waals surface area contributed by atoms with Gasteiger partial charge in [-0.1, -0.05) is 6.07 Å². The van der Waals surface area contributed by atoms with E-state index in [9.17, 15) is 8.42 Å². The van der Waals surface area contributed by atoms with Crippen LogP contribution in [0.25, 0.3) is 0 Å². The molecule has 0 radical (unpaired) electrons. The third-order valence-corrected chi connectivity index (χ3v) is 5.77. The first kappa shape index (κ1) is 15.8. The van der Waals surface area contributed by atoms with E-state index in [2.05, 4.69) is 0 Å². The van der Waals surface area contributed by atoms with Crippen molar-refractivity contribution in [3.05, 3.63) is 24.3 Å². The molecule has 0 saturated carbocycles. The Morgan fingerprint density at radius 1 is 1.26 bits per heavy atom. The summed E-state index contributed by atoms with van der Waals surface area (Å²) in [5, 5.41) is 0. The van der Waals surface area contributed by atoms with E-state index in [-0.39, 0.29) is 5.75 Å². The van der Waals surface area contributed by atoms with Crippen molar-refractivity contribution in [1.29, 1.82) is 0 Å². The summed E-state index contributed by atoms with van der Waals surface area (Å²) in [5.41, 5.74) is 7.41. The van der Waals surface area contributed by atoms with Crippen molar-refractivity contribution < 1.29 is 8.42 Å². The highest BCUT2D eigenvalue weighted by molar-refractivity contribution is 7.92. The van der Waals surface area contributed by atoms with Gasteiger partial charge in [-0.15, -0.1) is 0 Å². The van der Waals surface area contributed by atoms with E-state index >= 15 is 0 Å². The number of sulfone groups is 1. The fourth-order valence-corrected chi connectivity index (χ4v) is 2.80. The second-order valence-corrected chi connectivity index (χ2v) is 8.47. The van der Waals surface area contributed by atoms with Crippen LogP contribution in [0.5, 0.6) is 0 Å². The maximum Gasteiger partial charge on any atom is 0.156 e. The molecule has 0 aliphatic carbocycles. The Labute approximate surface area is 116 Å². The number of rotatable bonds is 5. The number of nitrogens with zero attached hydrogens (tertiary/aromatic N) is 1. The average molecular weight is 284 g/mol. The SMILES string of the molecule is CCN(CCS(=O)(=O)C(C)(C)C)c1cccc(N)c1. The van der Waals surface area contributed by atoms with Crippen LogP contribution in [0.4, 0.5) is 11.4 Å². The molecule has 4 nitrogen and oxygen atoms in total. The van der Waals surface area contributed by atoms with Crippen LogP contribution in [-0.2, 0) is 9.84 Å². The number of hydrogen-bond donors (Lipinski definition) is 1. The maximum atomic E-state index is 12.1. The molecule has 0 unspecified atom stereocenters. The molecule has 2 N–H and O–H groups in total. The highest BCUT2D eigenvalue weighted by Crippen LogP contribution is 2.20. The predicted molar refractivity (Wildman–Crippen MR) is 82.3 cm³/mol. The molecule has 0 aliphatic rings. The first-order valence-corrected chi connectivity index (χ1v) is 8.15. The molecule has 0 bridgehead atoms. The Morgan fingerprint density at radius 3 is 2.37 bits per heavy atom. The Kier molecular flexibility index (Phi) is 4.85. The number of nitrogen functional groups attached to an aromatic ring is 1. The summed E-state index contributed by atoms with van der Waals surface area (Å²) >= 11 is 0. The van der Waals surface area contributed by atoms with Crippen LogP contribution in [0.3, 0.4) is 0 Å². The largest absolute Gasteiger partial charge is 0.399 e. The molecule has 19 heavy (non-hydrogen) atoms. The summed E-state index contributed by atoms with van der Waals surface area (Å²) in [5.74, 6) is 0.152. The standard InChI is InChI=1S/C14H24N2O2S/c1-5-16(13-8-6-7-12(15)11-13)9-10-19(17,18)14(2,3)4/h6-8,11H,5,9-10,15H2,1-4H3. The highest BCUT2D eigenvalue weighted by Gasteiger charge is 2.28. The number of benzene rings is 1. The van der Waals surface area contributed by atoms with Gasteiger partial charge in [-0.05, 0) is 45.9 Å². The molecule has 0 aliphatic heterocycles. The van der Waals surface area contributed by atoms with Crippen molar-refractivity contribution in [3.8, 4) is 0 Å². The Bertz CT molecular complexity index is 518. The molecule has 0 amide bonds. The van der Waals surface area contributed by atoms with E-state index in [0.717, 1.165) is 12.2 Å². The van der Waals surface area contributed by atoms with Crippen LogP contribution in [0.15, 0.2) is 24.3 Å². The zero-order valence-electron chi connectivity index (χ0n) is 12.2. The van der Waals surface area contributed by atoms with Crippen molar-refractivity contribution in [1.82, 2.24) is 0 Å². The minimum absolute atomic E-state index is 0.152. The first-order valence-electron chi connectivity index (χ1n) is 6.50. The van der Waals surface area contributed by atoms with Gasteiger partial charge in [0.1, 0.15) is 0 Å². The third kappa shape index (κ3) is 4.13. The lowest BCUT2D eigenvalue weighted by Crippen LogP contribution is -2.36. The zero-order valence-corrected chi connectivity index (χ0v) is 13.0. The lowest BCUT2D eigenvalue weighted by Gasteiger charge is -2.26. The number of hydrogen-bond acceptors (Lipinski definition) is 4. The Morgan fingerprint density at radius 2 is 1.89 bits per heavy atom. The van der Waals surface area contributed by atoms with Crippen LogP contribution in [-0.4, -0.2) is 32.0 Å². The molecule has 5 heteroatoms. The van der Waals surface area contributed by atoms with Crippen LogP contribution in [0, 0.1) is 0 Å². The smallest absolute Gasteiger partial charge is 0.156 e. The quantitative estimate of drug-likeness (QED) is 0.843. The first-order chi connectivity index (χ1) is 8.67. The second-order valence-electron chi connectivity index (χ2n) is 5.61. The Hall–Kier alpha value is -1.23. The minimum Gasteiger partial charge on any atom is -0.399 e. The van der Waals surface area contributed by atoms with E-state index in [0.29, 0.717) is 12.2 Å². The van der Waals surface area contributed by atoms with E-state index in [4.69, 9.17) is 5.73 Å². The van der Waals surface area contributed by atoms with Crippen LogP contribution >= 0.6 is 0 Å². The summed E-state index contributed by atoms with van der Waals surface area (Å²) in [6.07, 6.45) is 0. The molecule has 1 aromatic rings. The molecule has 1 rings (SSSR count). The van der Waals surface area contributed by atoms with Crippen molar-refractivity contribution in [2.24, 2.45) is 0 Å². The van der Waals surface area contributed by atoms with E-state index < -0.39 is 14.6 Å². The van der Waals surface area contributed by atoms with Gasteiger partial charge in [-0.25, -0.2) is 8.42 Å². The van der Waals surface area contributed by atoms with Gasteiger partial charge in [0.25, 0.3) is 0 Å².